The molecule has 1 heterocycles. The van der Waals surface area contributed by atoms with Gasteiger partial charge in [-0.1, -0.05) is 174 Å². The van der Waals surface area contributed by atoms with Gasteiger partial charge in [0.2, 0.25) is 11.8 Å². The molecule has 0 aromatic heterocycles. The molecule has 1 saturated heterocycles. The number of piperazine rings is 1. The second kappa shape index (κ2) is 36.9. The molecule has 0 aromatic carbocycles. The summed E-state index contributed by atoms with van der Waals surface area (Å²) in [5.74, 6) is 2.23. The molecule has 0 aromatic rings. The first-order valence-electron chi connectivity index (χ1n) is 22.4. The van der Waals surface area contributed by atoms with Crippen LogP contribution in [0.3, 0.4) is 0 Å². The van der Waals surface area contributed by atoms with Crippen LogP contribution in [-0.2, 0) is 9.59 Å². The Labute approximate surface area is 358 Å². The number of carbonyl (C=O) groups is 2. The van der Waals surface area contributed by atoms with Crippen molar-refractivity contribution in [2.75, 3.05) is 62.3 Å². The van der Waals surface area contributed by atoms with E-state index in [9.17, 15) is 30.0 Å². The molecule has 1 aliphatic heterocycles. The fourth-order valence-corrected chi connectivity index (χ4v) is 11.3. The molecule has 1 rings (SSSR count). The molecule has 10 nitrogen and oxygen atoms in total. The predicted molar refractivity (Wildman–Crippen MR) is 246 cm³/mol. The lowest BCUT2D eigenvalue weighted by Crippen LogP contribution is -2.63. The molecule has 6 unspecified atom stereocenters. The van der Waals surface area contributed by atoms with Gasteiger partial charge in [-0.15, -0.1) is 0 Å². The average molecular weight is 869 g/mol. The average Bonchev–Trinajstić information content (AvgIpc) is 3.16. The van der Waals surface area contributed by atoms with Gasteiger partial charge in [0, 0.05) is 62.3 Å². The van der Waals surface area contributed by atoms with E-state index in [1.54, 1.807) is 43.2 Å². The van der Waals surface area contributed by atoms with Gasteiger partial charge in [0.15, 0.2) is 0 Å². The van der Waals surface area contributed by atoms with Crippen LogP contribution in [0.25, 0.3) is 0 Å². The number of aliphatic hydroxyl groups excluding tert-OH is 4. The summed E-state index contributed by atoms with van der Waals surface area (Å²) >= 11 is 0. The molecule has 1 fully saturated rings. The number of nitrogens with zero attached hydrogens (tertiary/aromatic N) is 2. The zero-order valence-electron chi connectivity index (χ0n) is 35.8. The normalized spacial score (nSPS) is 18.3. The number of aliphatic hydroxyl groups is 4. The second-order valence-corrected chi connectivity index (χ2v) is 21.1. The molecule has 0 aliphatic carbocycles. The van der Waals surface area contributed by atoms with Crippen LogP contribution in [0.15, 0.2) is 0 Å². The minimum Gasteiger partial charge on any atom is -0.392 e. The van der Waals surface area contributed by atoms with E-state index in [0.717, 1.165) is 102 Å². The smallest absolute Gasteiger partial charge is 0.244 e. The Morgan fingerprint density at radius 2 is 0.750 bits per heavy atom. The van der Waals surface area contributed by atoms with Gasteiger partial charge >= 0.3 is 0 Å². The van der Waals surface area contributed by atoms with Crippen molar-refractivity contribution in [2.45, 2.75) is 193 Å². The molecule has 0 spiro atoms. The maximum atomic E-state index is 12.9. The van der Waals surface area contributed by atoms with E-state index >= 15 is 0 Å². The highest BCUT2D eigenvalue weighted by Crippen LogP contribution is 2.26. The topological polar surface area (TPSA) is 146 Å². The van der Waals surface area contributed by atoms with Crippen LogP contribution in [0, 0.1) is 0 Å². The van der Waals surface area contributed by atoms with Gasteiger partial charge in [-0.25, -0.2) is 0 Å². The summed E-state index contributed by atoms with van der Waals surface area (Å²) in [5, 5.41) is 48.7. The van der Waals surface area contributed by atoms with Gasteiger partial charge in [-0.05, 0) is 25.7 Å². The molecular weight excluding hydrogens is 785 g/mol. The maximum absolute atomic E-state index is 12.9. The quantitative estimate of drug-likeness (QED) is 0.0266. The largest absolute Gasteiger partial charge is 0.392 e. The van der Waals surface area contributed by atoms with E-state index in [0.29, 0.717) is 37.7 Å². The van der Waals surface area contributed by atoms with Crippen LogP contribution in [-0.4, -0.2) is 141 Å². The van der Waals surface area contributed by atoms with Gasteiger partial charge in [0.25, 0.3) is 0 Å². The van der Waals surface area contributed by atoms with Gasteiger partial charge in [0.05, 0.1) is 24.4 Å². The van der Waals surface area contributed by atoms with Crippen molar-refractivity contribution in [3.05, 3.63) is 0 Å². The third-order valence-corrected chi connectivity index (χ3v) is 15.1. The summed E-state index contributed by atoms with van der Waals surface area (Å²) in [6.45, 7) is 12.5. The van der Waals surface area contributed by atoms with Crippen LogP contribution in [0.5, 0.6) is 0 Å². The monoisotopic (exact) mass is 869 g/mol. The van der Waals surface area contributed by atoms with E-state index in [-0.39, 0.29) is 11.8 Å². The lowest BCUT2D eigenvalue weighted by molar-refractivity contribution is -0.135. The van der Waals surface area contributed by atoms with Crippen molar-refractivity contribution < 1.29 is 30.0 Å². The number of hydrogen-bond donors (Lipinski definition) is 6. The second-order valence-electron chi connectivity index (χ2n) is 15.9. The lowest BCUT2D eigenvalue weighted by atomic mass is 10.1. The summed E-state index contributed by atoms with van der Waals surface area (Å²) in [7, 11) is 6.46. The molecular formula is C42H84N4O6S4. The number of carbonyl (C=O) groups excluding carboxylic acids is 2. The Morgan fingerprint density at radius 1 is 0.464 bits per heavy atom. The summed E-state index contributed by atoms with van der Waals surface area (Å²) in [5.41, 5.74) is 0. The zero-order chi connectivity index (χ0) is 41.2. The molecule has 14 heteroatoms. The van der Waals surface area contributed by atoms with Crippen LogP contribution in [0.1, 0.15) is 156 Å². The van der Waals surface area contributed by atoms with E-state index in [4.69, 9.17) is 0 Å². The predicted octanol–water partition coefficient (Wildman–Crippen LogP) is 7.66. The lowest BCUT2D eigenvalue weighted by Gasteiger charge is -2.29. The van der Waals surface area contributed by atoms with E-state index in [1.165, 1.54) is 51.4 Å². The molecule has 0 bridgehead atoms. The first kappa shape index (κ1) is 54.1. The molecule has 6 atom stereocenters. The molecule has 332 valence electrons. The number of unbranched alkanes of at least 4 members (excludes halogenated alkanes) is 12. The SMILES string of the molecule is CCCCCCC(O)CN(CCSSCC1NC(=O)C(CSSCCN(CC(O)CCCCCC)CC(O)CCCCCC)NC1=O)CC(O)CCCCCC. The van der Waals surface area contributed by atoms with Crippen molar-refractivity contribution in [2.24, 2.45) is 0 Å². The van der Waals surface area contributed by atoms with E-state index in [1.807, 2.05) is 0 Å². The first-order chi connectivity index (χ1) is 27.1. The van der Waals surface area contributed by atoms with Gasteiger partial charge in [-0.2, -0.15) is 0 Å². The van der Waals surface area contributed by atoms with Crippen molar-refractivity contribution in [1.29, 1.82) is 0 Å². The van der Waals surface area contributed by atoms with Crippen molar-refractivity contribution >= 4 is 55.0 Å². The van der Waals surface area contributed by atoms with Gasteiger partial charge < -0.3 is 31.1 Å². The summed E-state index contributed by atoms with van der Waals surface area (Å²) in [6, 6.07) is -1.15. The van der Waals surface area contributed by atoms with Crippen molar-refractivity contribution in [1.82, 2.24) is 20.4 Å². The minimum atomic E-state index is -0.574. The number of amides is 2. The molecule has 1 aliphatic rings. The van der Waals surface area contributed by atoms with Crippen LogP contribution in [0.4, 0.5) is 0 Å². The Balaban J connectivity index is 2.46. The molecule has 2 amide bonds. The number of nitrogens with one attached hydrogen (secondary N) is 2. The van der Waals surface area contributed by atoms with E-state index in [2.05, 4.69) is 48.1 Å². The minimum absolute atomic E-state index is 0.153. The fourth-order valence-electron chi connectivity index (χ4n) is 6.89. The zero-order valence-corrected chi connectivity index (χ0v) is 39.1. The Morgan fingerprint density at radius 3 is 1.02 bits per heavy atom. The Hall–Kier alpha value is 0.1000. The van der Waals surface area contributed by atoms with Crippen molar-refractivity contribution in [3.63, 3.8) is 0 Å². The Bertz CT molecular complexity index is 836. The highest BCUT2D eigenvalue weighted by atomic mass is 33.1. The molecule has 56 heavy (non-hydrogen) atoms. The Kier molecular flexibility index (Phi) is 35.7. The van der Waals surface area contributed by atoms with Gasteiger partial charge in [0.1, 0.15) is 12.1 Å². The summed E-state index contributed by atoms with van der Waals surface area (Å²) in [6.07, 6.45) is 19.7. The third kappa shape index (κ3) is 29.3. The highest BCUT2D eigenvalue weighted by molar-refractivity contribution is 8.77. The number of rotatable bonds is 40. The summed E-state index contributed by atoms with van der Waals surface area (Å²) < 4.78 is 0. The molecule has 0 saturated carbocycles. The maximum Gasteiger partial charge on any atom is 0.244 e. The molecule has 0 radical (unpaired) electrons. The number of hydrogen-bond acceptors (Lipinski definition) is 12. The van der Waals surface area contributed by atoms with E-state index < -0.39 is 36.5 Å². The van der Waals surface area contributed by atoms with Crippen LogP contribution >= 0.6 is 43.2 Å². The third-order valence-electron chi connectivity index (χ3n) is 10.3. The first-order valence-corrected chi connectivity index (χ1v) is 27.4. The summed E-state index contributed by atoms with van der Waals surface area (Å²) in [4.78, 5) is 30.3. The van der Waals surface area contributed by atoms with Crippen LogP contribution < -0.4 is 10.6 Å². The highest BCUT2D eigenvalue weighted by Gasteiger charge is 2.33. The standard InChI is InChI=1S/C42H84N4O6S4/c1-5-9-13-17-21-35(47)29-45(30-36(48)22-18-14-10-6-2)25-27-53-55-33-39-41(51)44-40(42(52)43-39)34-56-54-28-26-46(31-37(49)23-19-15-11-7-3)32-38(50)24-20-16-12-8-4/h35-40,47-50H,5-34H2,1-4H3,(H,43,52)(H,44,51). The van der Waals surface area contributed by atoms with Crippen molar-refractivity contribution in [3.8, 4) is 0 Å². The fraction of sp³-hybridized carbons (Fsp3) is 0.952. The van der Waals surface area contributed by atoms with Gasteiger partial charge in [-0.3, -0.25) is 19.4 Å². The van der Waals surface area contributed by atoms with Crippen LogP contribution in [0.2, 0.25) is 0 Å². The molecule has 6 N–H and O–H groups in total.